The molecule has 1 unspecified atom stereocenters. The molecular formula is C13H27N3O3. The molecule has 0 aromatic carbocycles. The van der Waals surface area contributed by atoms with Gasteiger partial charge in [-0.15, -0.1) is 0 Å². The van der Waals surface area contributed by atoms with Crippen molar-refractivity contribution < 1.29 is 14.7 Å². The van der Waals surface area contributed by atoms with Crippen LogP contribution >= 0.6 is 0 Å². The summed E-state index contributed by atoms with van der Waals surface area (Å²) in [4.78, 5) is 24.4. The zero-order valence-electron chi connectivity index (χ0n) is 12.6. The third-order valence-corrected chi connectivity index (χ3v) is 2.46. The van der Waals surface area contributed by atoms with Gasteiger partial charge in [-0.2, -0.15) is 0 Å². The molecule has 0 heterocycles. The first-order chi connectivity index (χ1) is 8.60. The highest BCUT2D eigenvalue weighted by Gasteiger charge is 2.22. The summed E-state index contributed by atoms with van der Waals surface area (Å²) in [5, 5.41) is 14.3. The number of carboxylic acid groups (broad SMARTS) is 1. The topological polar surface area (TPSA) is 81.7 Å². The lowest BCUT2D eigenvalue weighted by Gasteiger charge is -2.26. The zero-order valence-corrected chi connectivity index (χ0v) is 12.6. The molecule has 0 aliphatic heterocycles. The van der Waals surface area contributed by atoms with Gasteiger partial charge in [-0.1, -0.05) is 20.8 Å². The monoisotopic (exact) mass is 273 g/mol. The molecule has 3 N–H and O–H groups in total. The fourth-order valence-electron chi connectivity index (χ4n) is 1.75. The van der Waals surface area contributed by atoms with Gasteiger partial charge in [-0.25, -0.2) is 4.79 Å². The first kappa shape index (κ1) is 17.7. The Morgan fingerprint density at radius 3 is 2.26 bits per heavy atom. The molecule has 0 aliphatic rings. The number of nitrogens with zero attached hydrogens (tertiary/aromatic N) is 1. The molecule has 0 rings (SSSR count). The van der Waals surface area contributed by atoms with Crippen LogP contribution in [0.25, 0.3) is 0 Å². The van der Waals surface area contributed by atoms with Crippen molar-refractivity contribution in [3.63, 3.8) is 0 Å². The van der Waals surface area contributed by atoms with Crippen LogP contribution in [0, 0.1) is 5.41 Å². The third-order valence-electron chi connectivity index (χ3n) is 2.46. The molecule has 0 aromatic rings. The minimum absolute atomic E-state index is 0.0307. The van der Waals surface area contributed by atoms with Crippen LogP contribution < -0.4 is 10.6 Å². The van der Waals surface area contributed by atoms with Crippen molar-refractivity contribution >= 4 is 12.0 Å². The fourth-order valence-corrected chi connectivity index (χ4v) is 1.75. The van der Waals surface area contributed by atoms with Crippen LogP contribution in [0.1, 0.15) is 33.6 Å². The summed E-state index contributed by atoms with van der Waals surface area (Å²) in [6, 6.07) is -0.658. The molecule has 19 heavy (non-hydrogen) atoms. The van der Waals surface area contributed by atoms with Crippen LogP contribution in [0.15, 0.2) is 0 Å². The lowest BCUT2D eigenvalue weighted by molar-refractivity contribution is -0.137. The molecule has 2 amide bonds. The standard InChI is InChI=1S/C13H27N3O3/c1-13(2,3)9-10(8-11(17)18)15-12(19)14-6-7-16(4)5/h10H,6-9H2,1-5H3,(H,17,18)(H2,14,15,19). The number of likely N-dealkylation sites (N-methyl/N-ethyl adjacent to an activating group) is 1. The second-order valence-corrected chi connectivity index (χ2v) is 6.26. The average Bonchev–Trinajstić information content (AvgIpc) is 2.12. The lowest BCUT2D eigenvalue weighted by Crippen LogP contribution is -2.45. The Kier molecular flexibility index (Phi) is 7.44. The minimum atomic E-state index is -0.900. The van der Waals surface area contributed by atoms with Gasteiger partial charge in [0.1, 0.15) is 0 Å². The quantitative estimate of drug-likeness (QED) is 0.649. The van der Waals surface area contributed by atoms with Crippen molar-refractivity contribution in [3.05, 3.63) is 0 Å². The number of rotatable bonds is 7. The van der Waals surface area contributed by atoms with E-state index in [0.717, 1.165) is 6.54 Å². The van der Waals surface area contributed by atoms with Gasteiger partial charge in [0.15, 0.2) is 0 Å². The summed E-state index contributed by atoms with van der Waals surface area (Å²) < 4.78 is 0. The number of hydrogen-bond donors (Lipinski definition) is 3. The molecule has 6 heteroatoms. The zero-order chi connectivity index (χ0) is 15.1. The van der Waals surface area contributed by atoms with E-state index in [1.54, 1.807) is 0 Å². The molecule has 0 fully saturated rings. The number of hydrogen-bond acceptors (Lipinski definition) is 3. The maximum absolute atomic E-state index is 11.7. The Balaban J connectivity index is 4.23. The smallest absolute Gasteiger partial charge is 0.315 e. The van der Waals surface area contributed by atoms with Crippen LogP contribution in [0.4, 0.5) is 4.79 Å². The molecule has 6 nitrogen and oxygen atoms in total. The van der Waals surface area contributed by atoms with Crippen LogP contribution in [0.5, 0.6) is 0 Å². The van der Waals surface area contributed by atoms with E-state index in [0.29, 0.717) is 13.0 Å². The van der Waals surface area contributed by atoms with Crippen molar-refractivity contribution in [2.75, 3.05) is 27.2 Å². The van der Waals surface area contributed by atoms with Gasteiger partial charge < -0.3 is 20.6 Å². The number of carbonyl (C=O) groups excluding carboxylic acids is 1. The summed E-state index contributed by atoms with van der Waals surface area (Å²) in [7, 11) is 3.85. The number of urea groups is 1. The average molecular weight is 273 g/mol. The van der Waals surface area contributed by atoms with E-state index in [1.165, 1.54) is 0 Å². The highest BCUT2D eigenvalue weighted by Crippen LogP contribution is 2.22. The molecule has 0 aliphatic carbocycles. The van der Waals surface area contributed by atoms with Crippen LogP contribution in [0.3, 0.4) is 0 Å². The van der Waals surface area contributed by atoms with Crippen LogP contribution in [0.2, 0.25) is 0 Å². The van der Waals surface area contributed by atoms with E-state index < -0.39 is 5.97 Å². The van der Waals surface area contributed by atoms with Crippen LogP contribution in [-0.2, 0) is 4.79 Å². The Hall–Kier alpha value is -1.30. The fraction of sp³-hybridized carbons (Fsp3) is 0.846. The van der Waals surface area contributed by atoms with E-state index in [9.17, 15) is 9.59 Å². The van der Waals surface area contributed by atoms with E-state index in [1.807, 2.05) is 39.8 Å². The van der Waals surface area contributed by atoms with E-state index >= 15 is 0 Å². The molecule has 112 valence electrons. The minimum Gasteiger partial charge on any atom is -0.481 e. The Morgan fingerprint density at radius 1 is 1.26 bits per heavy atom. The Morgan fingerprint density at radius 2 is 1.84 bits per heavy atom. The predicted octanol–water partition coefficient (Wildman–Crippen LogP) is 1.13. The van der Waals surface area contributed by atoms with E-state index in [2.05, 4.69) is 10.6 Å². The number of carbonyl (C=O) groups is 2. The molecule has 1 atom stereocenters. The summed E-state index contributed by atoms with van der Waals surface area (Å²) in [5.74, 6) is -0.900. The van der Waals surface area contributed by atoms with Crippen molar-refractivity contribution in [1.82, 2.24) is 15.5 Å². The third kappa shape index (κ3) is 11.5. The summed E-state index contributed by atoms with van der Waals surface area (Å²) in [5.41, 5.74) is -0.0307. The van der Waals surface area contributed by atoms with Crippen molar-refractivity contribution in [1.29, 1.82) is 0 Å². The first-order valence-corrected chi connectivity index (χ1v) is 6.51. The Bertz CT molecular complexity index is 298. The van der Waals surface area contributed by atoms with Gasteiger partial charge in [0.2, 0.25) is 0 Å². The molecule has 0 bridgehead atoms. The molecule has 0 radical (unpaired) electrons. The van der Waals surface area contributed by atoms with E-state index in [4.69, 9.17) is 5.11 Å². The normalized spacial score (nSPS) is 13.2. The first-order valence-electron chi connectivity index (χ1n) is 6.51. The molecular weight excluding hydrogens is 246 g/mol. The van der Waals surface area contributed by atoms with Gasteiger partial charge in [0, 0.05) is 19.1 Å². The SMILES string of the molecule is CN(C)CCNC(=O)NC(CC(=O)O)CC(C)(C)C. The van der Waals surface area contributed by atoms with Crippen molar-refractivity contribution in [3.8, 4) is 0 Å². The lowest BCUT2D eigenvalue weighted by atomic mass is 9.87. The van der Waals surface area contributed by atoms with Gasteiger partial charge in [-0.3, -0.25) is 4.79 Å². The molecule has 0 aromatic heterocycles. The number of amides is 2. The summed E-state index contributed by atoms with van der Waals surface area (Å²) in [6.45, 7) is 7.35. The summed E-state index contributed by atoms with van der Waals surface area (Å²) in [6.07, 6.45) is 0.568. The predicted molar refractivity (Wildman–Crippen MR) is 75.2 cm³/mol. The number of nitrogens with one attached hydrogen (secondary N) is 2. The van der Waals surface area contributed by atoms with Gasteiger partial charge in [-0.05, 0) is 25.9 Å². The van der Waals surface area contributed by atoms with Crippen molar-refractivity contribution in [2.24, 2.45) is 5.41 Å². The highest BCUT2D eigenvalue weighted by atomic mass is 16.4. The molecule has 0 saturated heterocycles. The van der Waals surface area contributed by atoms with Crippen molar-refractivity contribution in [2.45, 2.75) is 39.7 Å². The van der Waals surface area contributed by atoms with Crippen LogP contribution in [-0.4, -0.2) is 55.2 Å². The highest BCUT2D eigenvalue weighted by molar-refractivity contribution is 5.75. The number of aliphatic carboxylic acids is 1. The Labute approximate surface area is 115 Å². The number of carboxylic acids is 1. The maximum atomic E-state index is 11.7. The maximum Gasteiger partial charge on any atom is 0.315 e. The second kappa shape index (κ2) is 7.99. The van der Waals surface area contributed by atoms with E-state index in [-0.39, 0.29) is 23.9 Å². The van der Waals surface area contributed by atoms with Gasteiger partial charge in [0.25, 0.3) is 0 Å². The van der Waals surface area contributed by atoms with Gasteiger partial charge >= 0.3 is 12.0 Å². The molecule has 0 saturated carbocycles. The molecule has 0 spiro atoms. The summed E-state index contributed by atoms with van der Waals surface area (Å²) >= 11 is 0. The largest absolute Gasteiger partial charge is 0.481 e. The second-order valence-electron chi connectivity index (χ2n) is 6.26. The van der Waals surface area contributed by atoms with Gasteiger partial charge in [0.05, 0.1) is 6.42 Å².